The number of fused-ring (bicyclic) bond motifs is 1. The van der Waals surface area contributed by atoms with Gasteiger partial charge in [0.2, 0.25) is 0 Å². The summed E-state index contributed by atoms with van der Waals surface area (Å²) in [5, 5.41) is 20.1. The van der Waals surface area contributed by atoms with E-state index in [4.69, 9.17) is 16.7 Å². The third-order valence-electron chi connectivity index (χ3n) is 2.92. The lowest BCUT2D eigenvalue weighted by Crippen LogP contribution is -2.10. The van der Waals surface area contributed by atoms with Crippen molar-refractivity contribution in [2.75, 3.05) is 6.61 Å². The van der Waals surface area contributed by atoms with Crippen LogP contribution in [0.2, 0.25) is 5.02 Å². The minimum absolute atomic E-state index is 0.0125. The van der Waals surface area contributed by atoms with E-state index in [1.807, 2.05) is 35.9 Å². The second-order valence-corrected chi connectivity index (χ2v) is 4.85. The predicted molar refractivity (Wildman–Crippen MR) is 69.1 cm³/mol. The summed E-state index contributed by atoms with van der Waals surface area (Å²) in [7, 11) is 0. The predicted octanol–water partition coefficient (Wildman–Crippen LogP) is 2.42. The first-order chi connectivity index (χ1) is 8.15. The van der Waals surface area contributed by atoms with Gasteiger partial charge >= 0.3 is 0 Å². The van der Waals surface area contributed by atoms with Crippen molar-refractivity contribution in [3.8, 4) is 0 Å². The Labute approximate surface area is 105 Å². The Hall–Kier alpha value is -1.03. The van der Waals surface area contributed by atoms with Gasteiger partial charge in [-0.2, -0.15) is 0 Å². The molecule has 2 N–H and O–H groups in total. The van der Waals surface area contributed by atoms with E-state index in [-0.39, 0.29) is 19.1 Å². The molecule has 1 aromatic carbocycles. The summed E-state index contributed by atoms with van der Waals surface area (Å²) in [5.41, 5.74) is 1.89. The van der Waals surface area contributed by atoms with Gasteiger partial charge in [0.1, 0.15) is 0 Å². The van der Waals surface area contributed by atoms with E-state index >= 15 is 0 Å². The molecule has 1 unspecified atom stereocenters. The molecular formula is C13H16ClNO2. The van der Waals surface area contributed by atoms with E-state index in [9.17, 15) is 5.11 Å². The van der Waals surface area contributed by atoms with Crippen LogP contribution in [0.25, 0.3) is 10.9 Å². The lowest BCUT2D eigenvalue weighted by atomic mass is 10.2. The molecule has 0 aliphatic heterocycles. The molecule has 0 radical (unpaired) electrons. The number of aliphatic hydroxyl groups excluding tert-OH is 2. The van der Waals surface area contributed by atoms with Crippen molar-refractivity contribution < 1.29 is 10.2 Å². The molecule has 17 heavy (non-hydrogen) atoms. The first kappa shape index (κ1) is 12.4. The summed E-state index contributed by atoms with van der Waals surface area (Å²) < 4.78 is 2.04. The minimum atomic E-state index is 0.0125. The summed E-state index contributed by atoms with van der Waals surface area (Å²) in [4.78, 5) is 0. The molecule has 0 amide bonds. The van der Waals surface area contributed by atoms with Gasteiger partial charge in [-0.15, -0.1) is 0 Å². The maximum Gasteiger partial charge on any atom is 0.0702 e. The fraction of sp³-hybridized carbons (Fsp3) is 0.385. The van der Waals surface area contributed by atoms with E-state index in [0.29, 0.717) is 11.6 Å². The molecule has 0 aliphatic rings. The molecule has 92 valence electrons. The van der Waals surface area contributed by atoms with E-state index < -0.39 is 0 Å². The van der Waals surface area contributed by atoms with Crippen molar-refractivity contribution in [1.82, 2.24) is 4.57 Å². The fourth-order valence-electron chi connectivity index (χ4n) is 2.01. The van der Waals surface area contributed by atoms with E-state index in [0.717, 1.165) is 16.5 Å². The standard InChI is InChI=1S/C13H16ClNO2/c1-9(7-16)5-15-6-10(8-17)12-3-2-11(14)4-13(12)15/h2-4,6,9,16-17H,5,7-8H2,1H3. The minimum Gasteiger partial charge on any atom is -0.396 e. The monoisotopic (exact) mass is 253 g/mol. The Morgan fingerprint density at radius 2 is 2.12 bits per heavy atom. The summed E-state index contributed by atoms with van der Waals surface area (Å²) in [6.45, 7) is 2.86. The quantitative estimate of drug-likeness (QED) is 0.879. The average Bonchev–Trinajstić information content (AvgIpc) is 2.66. The molecule has 2 aromatic rings. The second-order valence-electron chi connectivity index (χ2n) is 4.41. The van der Waals surface area contributed by atoms with Crippen molar-refractivity contribution in [2.24, 2.45) is 5.92 Å². The summed E-state index contributed by atoms with van der Waals surface area (Å²) >= 11 is 5.99. The topological polar surface area (TPSA) is 45.4 Å². The normalized spacial score (nSPS) is 13.2. The van der Waals surface area contributed by atoms with Gasteiger partial charge in [0.15, 0.2) is 0 Å². The Bertz CT molecular complexity index is 521. The number of benzene rings is 1. The lowest BCUT2D eigenvalue weighted by molar-refractivity contribution is 0.224. The van der Waals surface area contributed by atoms with Crippen LogP contribution in [0.5, 0.6) is 0 Å². The molecule has 0 saturated carbocycles. The van der Waals surface area contributed by atoms with E-state index in [1.165, 1.54) is 0 Å². The summed E-state index contributed by atoms with van der Waals surface area (Å²) in [5.74, 6) is 0.177. The van der Waals surface area contributed by atoms with Gasteiger partial charge in [-0.3, -0.25) is 0 Å². The molecule has 1 aromatic heterocycles. The smallest absolute Gasteiger partial charge is 0.0702 e. The number of hydrogen-bond acceptors (Lipinski definition) is 2. The average molecular weight is 254 g/mol. The first-order valence-corrected chi connectivity index (χ1v) is 6.02. The molecule has 0 fully saturated rings. The van der Waals surface area contributed by atoms with Crippen molar-refractivity contribution >= 4 is 22.5 Å². The van der Waals surface area contributed by atoms with Crippen molar-refractivity contribution in [3.63, 3.8) is 0 Å². The third-order valence-corrected chi connectivity index (χ3v) is 3.15. The number of aromatic nitrogens is 1. The highest BCUT2D eigenvalue weighted by Gasteiger charge is 2.10. The molecule has 2 rings (SSSR count). The van der Waals surface area contributed by atoms with Crippen LogP contribution in [0.1, 0.15) is 12.5 Å². The number of aliphatic hydroxyl groups is 2. The fourth-order valence-corrected chi connectivity index (χ4v) is 2.18. The van der Waals surface area contributed by atoms with Crippen molar-refractivity contribution in [3.05, 3.63) is 35.0 Å². The molecule has 1 heterocycles. The molecule has 0 bridgehead atoms. The zero-order chi connectivity index (χ0) is 12.4. The molecule has 4 heteroatoms. The van der Waals surface area contributed by atoms with Crippen LogP contribution in [0.3, 0.4) is 0 Å². The number of nitrogens with zero attached hydrogens (tertiary/aromatic N) is 1. The third kappa shape index (κ3) is 2.46. The van der Waals surface area contributed by atoms with Crippen LogP contribution in [-0.4, -0.2) is 21.4 Å². The van der Waals surface area contributed by atoms with Crippen molar-refractivity contribution in [2.45, 2.75) is 20.1 Å². The van der Waals surface area contributed by atoms with Gasteiger partial charge in [0.25, 0.3) is 0 Å². The van der Waals surface area contributed by atoms with Gasteiger partial charge in [-0.05, 0) is 18.1 Å². The van der Waals surface area contributed by atoms with Crippen LogP contribution in [0.15, 0.2) is 24.4 Å². The van der Waals surface area contributed by atoms with Crippen LogP contribution in [0.4, 0.5) is 0 Å². The number of halogens is 1. The molecule has 1 atom stereocenters. The highest BCUT2D eigenvalue weighted by Crippen LogP contribution is 2.25. The second kappa shape index (κ2) is 5.08. The van der Waals surface area contributed by atoms with Gasteiger partial charge < -0.3 is 14.8 Å². The maximum absolute atomic E-state index is 9.31. The molecule has 3 nitrogen and oxygen atoms in total. The van der Waals surface area contributed by atoms with Crippen LogP contribution in [-0.2, 0) is 13.2 Å². The Balaban J connectivity index is 2.50. The molecule has 0 aliphatic carbocycles. The Kier molecular flexibility index (Phi) is 3.72. The van der Waals surface area contributed by atoms with Gasteiger partial charge in [0, 0.05) is 40.8 Å². The highest BCUT2D eigenvalue weighted by atomic mass is 35.5. The number of rotatable bonds is 4. The summed E-state index contributed by atoms with van der Waals surface area (Å²) in [6.07, 6.45) is 1.92. The van der Waals surface area contributed by atoms with Crippen LogP contribution < -0.4 is 0 Å². The number of hydrogen-bond donors (Lipinski definition) is 2. The van der Waals surface area contributed by atoms with E-state index in [2.05, 4.69) is 0 Å². The Morgan fingerprint density at radius 1 is 1.35 bits per heavy atom. The molecule has 0 saturated heterocycles. The van der Waals surface area contributed by atoms with Crippen molar-refractivity contribution in [1.29, 1.82) is 0 Å². The van der Waals surface area contributed by atoms with E-state index in [1.54, 1.807) is 0 Å². The summed E-state index contributed by atoms with van der Waals surface area (Å²) in [6, 6.07) is 5.63. The van der Waals surface area contributed by atoms with Crippen LogP contribution in [0, 0.1) is 5.92 Å². The van der Waals surface area contributed by atoms with Gasteiger partial charge in [-0.1, -0.05) is 24.6 Å². The zero-order valence-corrected chi connectivity index (χ0v) is 10.5. The molecular weight excluding hydrogens is 238 g/mol. The largest absolute Gasteiger partial charge is 0.396 e. The maximum atomic E-state index is 9.31. The highest BCUT2D eigenvalue weighted by molar-refractivity contribution is 6.31. The Morgan fingerprint density at radius 3 is 2.76 bits per heavy atom. The van der Waals surface area contributed by atoms with Crippen LogP contribution >= 0.6 is 11.6 Å². The molecule has 0 spiro atoms. The van der Waals surface area contributed by atoms with Gasteiger partial charge in [0.05, 0.1) is 6.61 Å². The first-order valence-electron chi connectivity index (χ1n) is 5.64. The lowest BCUT2D eigenvalue weighted by Gasteiger charge is -2.10. The van der Waals surface area contributed by atoms with Gasteiger partial charge in [-0.25, -0.2) is 0 Å². The SMILES string of the molecule is CC(CO)Cn1cc(CO)c2ccc(Cl)cc21. The zero-order valence-electron chi connectivity index (χ0n) is 9.73.